The fourth-order valence-corrected chi connectivity index (χ4v) is 8.47. The Balaban J connectivity index is 0. The SMILES string of the molecule is CCCCCCCCC=CCCCCCCCC(=O)OCC(CC)CCCC.CCCCCCCCC=CCCCCCCCCOC(=O)CCCCCCCC=CCCCCCCCC. The van der Waals surface area contributed by atoms with Gasteiger partial charge in [-0.1, -0.05) is 251 Å². The summed E-state index contributed by atoms with van der Waals surface area (Å²) in [6.07, 6.45) is 72.0. The molecule has 0 heterocycles. The van der Waals surface area contributed by atoms with Crippen LogP contribution in [0.4, 0.5) is 0 Å². The largest absolute Gasteiger partial charge is 0.466 e. The van der Waals surface area contributed by atoms with Crippen molar-refractivity contribution < 1.29 is 19.1 Å². The molecule has 390 valence electrons. The summed E-state index contributed by atoms with van der Waals surface area (Å²) in [7, 11) is 0. The molecule has 66 heavy (non-hydrogen) atoms. The molecule has 0 aromatic rings. The van der Waals surface area contributed by atoms with E-state index < -0.39 is 0 Å². The molecule has 0 bridgehead atoms. The number of carbonyl (C=O) groups is 2. The van der Waals surface area contributed by atoms with E-state index in [2.05, 4.69) is 71.1 Å². The molecule has 0 aromatic carbocycles. The lowest BCUT2D eigenvalue weighted by Gasteiger charge is -2.14. The zero-order valence-corrected chi connectivity index (χ0v) is 45.6. The van der Waals surface area contributed by atoms with Gasteiger partial charge < -0.3 is 9.47 Å². The summed E-state index contributed by atoms with van der Waals surface area (Å²) < 4.78 is 10.9. The third-order valence-corrected chi connectivity index (χ3v) is 13.2. The minimum Gasteiger partial charge on any atom is -0.466 e. The number of rotatable bonds is 52. The van der Waals surface area contributed by atoms with Gasteiger partial charge in [-0.3, -0.25) is 9.59 Å². The zero-order chi connectivity index (χ0) is 48.3. The Morgan fingerprint density at radius 1 is 0.318 bits per heavy atom. The molecule has 4 heteroatoms. The van der Waals surface area contributed by atoms with Crippen molar-refractivity contribution in [3.05, 3.63) is 36.5 Å². The lowest BCUT2D eigenvalue weighted by Crippen LogP contribution is -2.13. The van der Waals surface area contributed by atoms with Gasteiger partial charge in [0.05, 0.1) is 13.2 Å². The number of hydrogen-bond acceptors (Lipinski definition) is 4. The summed E-state index contributed by atoms with van der Waals surface area (Å²) in [5, 5.41) is 0. The van der Waals surface area contributed by atoms with Crippen LogP contribution in [0, 0.1) is 5.92 Å². The normalized spacial score (nSPS) is 12.1. The lowest BCUT2D eigenvalue weighted by molar-refractivity contribution is -0.145. The number of allylic oxidation sites excluding steroid dienone is 6. The van der Waals surface area contributed by atoms with Crippen molar-refractivity contribution in [2.75, 3.05) is 13.2 Å². The van der Waals surface area contributed by atoms with Crippen LogP contribution in [0.1, 0.15) is 330 Å². The first-order valence-electron chi connectivity index (χ1n) is 29.8. The predicted octanol–water partition coefficient (Wildman–Crippen LogP) is 21.4. The van der Waals surface area contributed by atoms with Gasteiger partial charge >= 0.3 is 11.9 Å². The van der Waals surface area contributed by atoms with Gasteiger partial charge in [-0.15, -0.1) is 0 Å². The van der Waals surface area contributed by atoms with Crippen molar-refractivity contribution in [1.82, 2.24) is 0 Å². The monoisotopic (exact) mass is 927 g/mol. The van der Waals surface area contributed by atoms with Crippen molar-refractivity contribution in [1.29, 1.82) is 0 Å². The zero-order valence-electron chi connectivity index (χ0n) is 45.6. The summed E-state index contributed by atoms with van der Waals surface area (Å²) in [6.45, 7) is 12.5. The van der Waals surface area contributed by atoms with Crippen molar-refractivity contribution in [2.45, 2.75) is 330 Å². The van der Waals surface area contributed by atoms with E-state index in [1.165, 1.54) is 244 Å². The average Bonchev–Trinajstić information content (AvgIpc) is 3.32. The Morgan fingerprint density at radius 3 is 0.909 bits per heavy atom. The van der Waals surface area contributed by atoms with E-state index in [4.69, 9.17) is 9.47 Å². The van der Waals surface area contributed by atoms with Crippen LogP contribution >= 0.6 is 0 Å². The summed E-state index contributed by atoms with van der Waals surface area (Å²) in [6, 6.07) is 0. The first-order chi connectivity index (χ1) is 32.5. The van der Waals surface area contributed by atoms with E-state index in [9.17, 15) is 9.59 Å². The molecule has 0 radical (unpaired) electrons. The van der Waals surface area contributed by atoms with Gasteiger partial charge in [-0.05, 0) is 109 Å². The molecular weight excluding hydrogens is 809 g/mol. The molecule has 0 saturated carbocycles. The fraction of sp³-hybridized carbons (Fsp3) is 0.871. The van der Waals surface area contributed by atoms with Crippen LogP contribution < -0.4 is 0 Å². The van der Waals surface area contributed by atoms with Gasteiger partial charge in [0.1, 0.15) is 0 Å². The Bertz CT molecular complexity index is 1010. The molecule has 0 aliphatic heterocycles. The van der Waals surface area contributed by atoms with E-state index in [1.54, 1.807) is 0 Å². The maximum atomic E-state index is 11.9. The molecule has 0 amide bonds. The van der Waals surface area contributed by atoms with Gasteiger partial charge in [0.2, 0.25) is 0 Å². The second-order valence-corrected chi connectivity index (χ2v) is 19.9. The van der Waals surface area contributed by atoms with E-state index >= 15 is 0 Å². The average molecular weight is 928 g/mol. The maximum absolute atomic E-state index is 11.9. The van der Waals surface area contributed by atoms with Gasteiger partial charge in [-0.25, -0.2) is 0 Å². The topological polar surface area (TPSA) is 52.6 Å². The van der Waals surface area contributed by atoms with Gasteiger partial charge in [0.25, 0.3) is 0 Å². The molecule has 0 aliphatic rings. The third kappa shape index (κ3) is 60.2. The van der Waals surface area contributed by atoms with E-state index in [1.807, 2.05) is 0 Å². The quantitative estimate of drug-likeness (QED) is 0.0346. The van der Waals surface area contributed by atoms with Crippen LogP contribution in [0.25, 0.3) is 0 Å². The van der Waals surface area contributed by atoms with E-state index in [-0.39, 0.29) is 11.9 Å². The minimum absolute atomic E-state index is 0.00701. The lowest BCUT2D eigenvalue weighted by atomic mass is 10.0. The molecule has 0 fully saturated rings. The highest BCUT2D eigenvalue weighted by molar-refractivity contribution is 5.69. The standard InChI is InChI=1S/C36H68O2.C26H50O2/c1-3-5-7-9-11-13-15-17-19-21-23-25-27-29-31-33-35-38-36(37)34-32-30-28-26-24-22-20-18-16-14-12-10-8-6-4-2;1-4-7-9-10-11-12-13-14-15-16-17-18-19-20-21-23-26(27)28-24-25(6-3)22-8-5-2/h17-20H,3-16,21-35H2,1-2H3;14-15,25H,4-13,16-24H2,1-3H3. The highest BCUT2D eigenvalue weighted by atomic mass is 16.5. The summed E-state index contributed by atoms with van der Waals surface area (Å²) in [5.74, 6) is 0.570. The smallest absolute Gasteiger partial charge is 0.305 e. The number of hydrogen-bond donors (Lipinski definition) is 0. The predicted molar refractivity (Wildman–Crippen MR) is 294 cm³/mol. The van der Waals surface area contributed by atoms with Gasteiger partial charge in [0.15, 0.2) is 0 Å². The van der Waals surface area contributed by atoms with Crippen molar-refractivity contribution in [3.63, 3.8) is 0 Å². The van der Waals surface area contributed by atoms with Crippen LogP contribution in [0.5, 0.6) is 0 Å². The third-order valence-electron chi connectivity index (χ3n) is 13.2. The second kappa shape index (κ2) is 61.2. The molecule has 1 atom stereocenters. The summed E-state index contributed by atoms with van der Waals surface area (Å²) in [4.78, 5) is 23.7. The molecule has 1 unspecified atom stereocenters. The van der Waals surface area contributed by atoms with Crippen LogP contribution in [-0.4, -0.2) is 25.2 Å². The van der Waals surface area contributed by atoms with E-state index in [0.717, 1.165) is 38.5 Å². The van der Waals surface area contributed by atoms with Gasteiger partial charge in [0, 0.05) is 12.8 Å². The van der Waals surface area contributed by atoms with Crippen LogP contribution in [0.15, 0.2) is 36.5 Å². The first-order valence-corrected chi connectivity index (χ1v) is 29.8. The Kier molecular flexibility index (Phi) is 61.4. The number of esters is 2. The molecule has 0 aromatic heterocycles. The number of unbranched alkanes of at least 4 members (excludes halogenated alkanes) is 35. The van der Waals surface area contributed by atoms with Crippen molar-refractivity contribution in [2.24, 2.45) is 5.92 Å². The summed E-state index contributed by atoms with van der Waals surface area (Å²) >= 11 is 0. The van der Waals surface area contributed by atoms with Gasteiger partial charge in [-0.2, -0.15) is 0 Å². The number of carbonyl (C=O) groups excluding carboxylic acids is 2. The molecular formula is C62H118O4. The van der Waals surface area contributed by atoms with E-state index in [0.29, 0.717) is 32.0 Å². The molecule has 0 rings (SSSR count). The molecule has 0 N–H and O–H groups in total. The maximum Gasteiger partial charge on any atom is 0.305 e. The van der Waals surface area contributed by atoms with Crippen LogP contribution in [-0.2, 0) is 19.1 Å². The minimum atomic E-state index is 0.00701. The summed E-state index contributed by atoms with van der Waals surface area (Å²) in [5.41, 5.74) is 0. The van der Waals surface area contributed by atoms with Crippen LogP contribution in [0.2, 0.25) is 0 Å². The molecule has 0 spiro atoms. The van der Waals surface area contributed by atoms with Crippen molar-refractivity contribution >= 4 is 11.9 Å². The highest BCUT2D eigenvalue weighted by Crippen LogP contribution is 2.16. The highest BCUT2D eigenvalue weighted by Gasteiger charge is 2.10. The van der Waals surface area contributed by atoms with Crippen LogP contribution in [0.3, 0.4) is 0 Å². The number of ether oxygens (including phenoxy) is 2. The van der Waals surface area contributed by atoms with Crippen molar-refractivity contribution in [3.8, 4) is 0 Å². The second-order valence-electron chi connectivity index (χ2n) is 19.9. The Morgan fingerprint density at radius 2 is 0.591 bits per heavy atom. The molecule has 0 saturated heterocycles. The Hall–Kier alpha value is -1.84. The molecule has 0 aliphatic carbocycles. The first kappa shape index (κ1) is 66.2. The molecule has 4 nitrogen and oxygen atoms in total. The fourth-order valence-electron chi connectivity index (χ4n) is 8.47. The Labute approximate surface area is 414 Å².